The van der Waals surface area contributed by atoms with Gasteiger partial charge in [0.25, 0.3) is 0 Å². The van der Waals surface area contributed by atoms with Crippen LogP contribution in [0.2, 0.25) is 0 Å². The topological polar surface area (TPSA) is 148 Å². The number of benzene rings is 2. The van der Waals surface area contributed by atoms with Crippen molar-refractivity contribution in [1.29, 1.82) is 0 Å². The first-order valence-electron chi connectivity index (χ1n) is 12.6. The average Bonchev–Trinajstić information content (AvgIpc) is 2.89. The number of nitrogens with one attached hydrogen (secondary N) is 2. The molecule has 0 spiro atoms. The van der Waals surface area contributed by atoms with Gasteiger partial charge < -0.3 is 25.9 Å². The summed E-state index contributed by atoms with van der Waals surface area (Å²) in [6.45, 7) is 4.26. The summed E-state index contributed by atoms with van der Waals surface area (Å²) < 4.78 is 32.5. The monoisotopic (exact) mass is 546 g/mol. The van der Waals surface area contributed by atoms with E-state index in [9.17, 15) is 22.8 Å². The van der Waals surface area contributed by atoms with Crippen LogP contribution >= 0.6 is 0 Å². The first-order valence-corrected chi connectivity index (χ1v) is 14.0. The molecule has 11 heteroatoms. The number of aldehydes is 1. The highest BCUT2D eigenvalue weighted by Gasteiger charge is 2.31. The van der Waals surface area contributed by atoms with E-state index >= 15 is 0 Å². The van der Waals surface area contributed by atoms with Gasteiger partial charge in [-0.3, -0.25) is 4.79 Å². The lowest BCUT2D eigenvalue weighted by Crippen LogP contribution is -2.48. The molecule has 2 rings (SSSR count). The van der Waals surface area contributed by atoms with Crippen LogP contribution < -0.4 is 16.4 Å². The molecule has 0 aliphatic rings. The van der Waals surface area contributed by atoms with Crippen molar-refractivity contribution in [3.63, 3.8) is 0 Å². The molecular formula is C27H38N4O6S. The molecule has 2 amide bonds. The summed E-state index contributed by atoms with van der Waals surface area (Å²) in [4.78, 5) is 36.6. The predicted molar refractivity (Wildman–Crippen MR) is 146 cm³/mol. The number of ether oxygens (including phenoxy) is 1. The van der Waals surface area contributed by atoms with Crippen molar-refractivity contribution in [2.75, 3.05) is 25.9 Å². The van der Waals surface area contributed by atoms with Crippen LogP contribution in [0, 0.1) is 5.92 Å². The zero-order chi connectivity index (χ0) is 28.1. The number of methoxy groups -OCH3 is 1. The van der Waals surface area contributed by atoms with Gasteiger partial charge in [-0.05, 0) is 55.0 Å². The van der Waals surface area contributed by atoms with Gasteiger partial charge in [0.15, 0.2) is 0 Å². The van der Waals surface area contributed by atoms with Gasteiger partial charge in [0.1, 0.15) is 12.3 Å². The van der Waals surface area contributed by atoms with E-state index in [0.29, 0.717) is 44.2 Å². The quantitative estimate of drug-likeness (QED) is 0.177. The average molecular weight is 547 g/mol. The maximum absolute atomic E-state index is 13.3. The van der Waals surface area contributed by atoms with Crippen LogP contribution in [0.5, 0.6) is 0 Å². The van der Waals surface area contributed by atoms with Gasteiger partial charge in [0.2, 0.25) is 15.9 Å². The van der Waals surface area contributed by atoms with Crippen molar-refractivity contribution in [3.8, 4) is 0 Å². The van der Waals surface area contributed by atoms with Crippen molar-refractivity contribution in [2.24, 2.45) is 5.92 Å². The Kier molecular flexibility index (Phi) is 12.2. The molecule has 0 unspecified atom stereocenters. The van der Waals surface area contributed by atoms with Crippen molar-refractivity contribution in [2.45, 2.75) is 56.5 Å². The van der Waals surface area contributed by atoms with Crippen molar-refractivity contribution in [1.82, 2.24) is 14.9 Å². The van der Waals surface area contributed by atoms with E-state index in [4.69, 9.17) is 5.73 Å². The van der Waals surface area contributed by atoms with Crippen LogP contribution in [0.1, 0.15) is 38.7 Å². The molecule has 4 N–H and O–H groups in total. The fourth-order valence-corrected chi connectivity index (χ4v) is 5.66. The number of carbonyl (C=O) groups excluding carboxylic acids is 3. The summed E-state index contributed by atoms with van der Waals surface area (Å²) >= 11 is 0. The molecule has 10 nitrogen and oxygen atoms in total. The number of anilines is 1. The van der Waals surface area contributed by atoms with Crippen LogP contribution in [-0.4, -0.2) is 63.3 Å². The van der Waals surface area contributed by atoms with Gasteiger partial charge in [-0.2, -0.15) is 4.31 Å². The zero-order valence-corrected chi connectivity index (χ0v) is 22.9. The number of sulfonamides is 1. The number of nitrogens with two attached hydrogens (primary N) is 1. The third-order valence-corrected chi connectivity index (χ3v) is 7.77. The number of unbranched alkanes of at least 4 members (excludes halogenated alkanes) is 1. The maximum atomic E-state index is 13.3. The molecule has 0 aliphatic carbocycles. The largest absolute Gasteiger partial charge is 0.453 e. The summed E-state index contributed by atoms with van der Waals surface area (Å²) in [7, 11) is -2.68. The fraction of sp³-hybridized carbons (Fsp3) is 0.444. The van der Waals surface area contributed by atoms with Crippen molar-refractivity contribution >= 4 is 34.0 Å². The summed E-state index contributed by atoms with van der Waals surface area (Å²) in [5.41, 5.74) is 7.02. The molecule has 0 radical (unpaired) electrons. The lowest BCUT2D eigenvalue weighted by molar-refractivity contribution is -0.123. The molecule has 0 heterocycles. The minimum Gasteiger partial charge on any atom is -0.453 e. The Labute approximate surface area is 225 Å². The summed E-state index contributed by atoms with van der Waals surface area (Å²) in [6.07, 6.45) is 1.57. The van der Waals surface area contributed by atoms with E-state index < -0.39 is 28.2 Å². The molecule has 0 aliphatic heterocycles. The number of nitrogen functional groups attached to an aromatic ring is 1. The smallest absolute Gasteiger partial charge is 0.407 e. The molecule has 0 aromatic heterocycles. The Morgan fingerprint density at radius 2 is 1.71 bits per heavy atom. The second kappa shape index (κ2) is 15.1. The molecule has 0 fully saturated rings. The van der Waals surface area contributed by atoms with Crippen LogP contribution in [0.3, 0.4) is 0 Å². The molecule has 208 valence electrons. The number of nitrogens with zero attached hydrogens (tertiary/aromatic N) is 1. The fourth-order valence-electron chi connectivity index (χ4n) is 3.90. The molecule has 2 atom stereocenters. The number of alkyl carbamates (subject to hydrolysis) is 1. The van der Waals surface area contributed by atoms with Gasteiger partial charge in [0, 0.05) is 25.2 Å². The number of amides is 2. The number of hydrogen-bond acceptors (Lipinski definition) is 7. The van der Waals surface area contributed by atoms with Crippen LogP contribution in [-0.2, 0) is 30.8 Å². The van der Waals surface area contributed by atoms with Gasteiger partial charge >= 0.3 is 6.09 Å². The second-order valence-electron chi connectivity index (χ2n) is 9.41. The highest BCUT2D eigenvalue weighted by molar-refractivity contribution is 7.89. The Morgan fingerprint density at radius 3 is 2.29 bits per heavy atom. The third kappa shape index (κ3) is 9.46. The van der Waals surface area contributed by atoms with E-state index in [1.807, 2.05) is 44.2 Å². The maximum Gasteiger partial charge on any atom is 0.407 e. The summed E-state index contributed by atoms with van der Waals surface area (Å²) in [5, 5.41) is 5.36. The van der Waals surface area contributed by atoms with Crippen LogP contribution in [0.4, 0.5) is 10.5 Å². The van der Waals surface area contributed by atoms with Crippen LogP contribution in [0.25, 0.3) is 0 Å². The van der Waals surface area contributed by atoms with Gasteiger partial charge in [-0.25, -0.2) is 13.2 Å². The highest BCUT2D eigenvalue weighted by atomic mass is 32.2. The molecule has 0 saturated heterocycles. The van der Waals surface area contributed by atoms with Gasteiger partial charge in [0.05, 0.1) is 18.0 Å². The minimum absolute atomic E-state index is 0.00385. The van der Waals surface area contributed by atoms with E-state index in [1.165, 1.54) is 35.7 Å². The number of hydrogen-bond donors (Lipinski definition) is 3. The summed E-state index contributed by atoms with van der Waals surface area (Å²) in [6, 6.07) is 13.5. The first-order chi connectivity index (χ1) is 18.1. The number of carbonyl (C=O) groups is 3. The van der Waals surface area contributed by atoms with E-state index in [0.717, 1.165) is 5.56 Å². The molecule has 0 saturated carbocycles. The van der Waals surface area contributed by atoms with E-state index in [2.05, 4.69) is 15.4 Å². The van der Waals surface area contributed by atoms with E-state index in [1.54, 1.807) is 0 Å². The van der Waals surface area contributed by atoms with Gasteiger partial charge in [-0.1, -0.05) is 44.2 Å². The van der Waals surface area contributed by atoms with Crippen molar-refractivity contribution in [3.05, 3.63) is 60.2 Å². The summed E-state index contributed by atoms with van der Waals surface area (Å²) in [5.74, 6) is -0.359. The lowest BCUT2D eigenvalue weighted by atomic mass is 10.1. The molecule has 0 bridgehead atoms. The molecular weight excluding hydrogens is 508 g/mol. The molecule has 2 aromatic carbocycles. The second-order valence-corrected chi connectivity index (χ2v) is 11.3. The first kappa shape index (κ1) is 30.8. The highest BCUT2D eigenvalue weighted by Crippen LogP contribution is 2.22. The predicted octanol–water partition coefficient (Wildman–Crippen LogP) is 2.74. The Bertz CT molecular complexity index is 1140. The van der Waals surface area contributed by atoms with E-state index in [-0.39, 0.29) is 23.3 Å². The Hall–Kier alpha value is -3.44. The molecule has 2 aromatic rings. The van der Waals surface area contributed by atoms with Crippen molar-refractivity contribution < 1.29 is 27.5 Å². The Morgan fingerprint density at radius 1 is 1.05 bits per heavy atom. The minimum atomic E-state index is -3.91. The van der Waals surface area contributed by atoms with Crippen LogP contribution in [0.15, 0.2) is 59.5 Å². The van der Waals surface area contributed by atoms with Gasteiger partial charge in [-0.15, -0.1) is 0 Å². The third-order valence-electron chi connectivity index (χ3n) is 5.86. The zero-order valence-electron chi connectivity index (χ0n) is 22.1. The molecule has 38 heavy (non-hydrogen) atoms. The lowest BCUT2D eigenvalue weighted by Gasteiger charge is -2.29. The SMILES string of the molecule is COC(=O)N[C@@H](Cc1ccccc1)C(=O)NCCCC[C@H](C=O)N(CC(C)C)S(=O)(=O)c1ccc(N)cc1. The standard InChI is InChI=1S/C27H38N4O6S/c1-20(2)18-31(38(35,36)24-14-12-22(28)13-15-24)23(19-32)11-7-8-16-29-26(33)25(30-27(34)37-3)17-21-9-5-4-6-10-21/h4-6,9-10,12-15,19-20,23,25H,7-8,11,16-18,28H2,1-3H3,(H,29,33)(H,30,34)/t23-,25+/m1/s1. The Balaban J connectivity index is 1.97. The number of rotatable bonds is 15. The normalized spacial score (nSPS) is 13.1.